The number of hydrogen-bond acceptors (Lipinski definition) is 4. The number of aliphatic hydroxyl groups excluding tert-OH is 1. The first kappa shape index (κ1) is 14.2. The molecule has 0 unspecified atom stereocenters. The number of carbonyl (C=O) groups is 1. The third kappa shape index (κ3) is 5.30. The zero-order valence-corrected chi connectivity index (χ0v) is 10.4. The maximum Gasteiger partial charge on any atom is 0.237 e. The molecule has 17 heavy (non-hydrogen) atoms. The summed E-state index contributed by atoms with van der Waals surface area (Å²) in [5.74, 6) is 0.0702. The van der Waals surface area contributed by atoms with Gasteiger partial charge in [-0.1, -0.05) is 6.08 Å². The third-order valence-corrected chi connectivity index (χ3v) is 2.86. The van der Waals surface area contributed by atoms with Crippen LogP contribution in [0.5, 0.6) is 0 Å². The fraction of sp³-hybridized carbons (Fsp3) is 0.750. The van der Waals surface area contributed by atoms with Crippen molar-refractivity contribution in [1.82, 2.24) is 15.1 Å². The van der Waals surface area contributed by atoms with E-state index >= 15 is 0 Å². The van der Waals surface area contributed by atoms with Crippen LogP contribution in [0.25, 0.3) is 0 Å². The Morgan fingerprint density at radius 1 is 1.47 bits per heavy atom. The lowest BCUT2D eigenvalue weighted by Crippen LogP contribution is -2.42. The van der Waals surface area contributed by atoms with E-state index in [1.165, 1.54) is 0 Å². The van der Waals surface area contributed by atoms with Gasteiger partial charge in [0.15, 0.2) is 0 Å². The summed E-state index contributed by atoms with van der Waals surface area (Å²) >= 11 is 0. The molecule has 1 amide bonds. The van der Waals surface area contributed by atoms with E-state index in [0.29, 0.717) is 19.6 Å². The van der Waals surface area contributed by atoms with Gasteiger partial charge in [-0.05, 0) is 19.5 Å². The first-order valence-electron chi connectivity index (χ1n) is 6.20. The molecule has 0 bridgehead atoms. The van der Waals surface area contributed by atoms with Gasteiger partial charge in [0.25, 0.3) is 0 Å². The van der Waals surface area contributed by atoms with E-state index in [0.717, 1.165) is 32.6 Å². The Kier molecular flexibility index (Phi) is 6.84. The van der Waals surface area contributed by atoms with Crippen molar-refractivity contribution in [3.63, 3.8) is 0 Å². The summed E-state index contributed by atoms with van der Waals surface area (Å²) in [6.45, 7) is 8.79. The van der Waals surface area contributed by atoms with Crippen molar-refractivity contribution in [3.05, 3.63) is 12.7 Å². The lowest BCUT2D eigenvalue weighted by Gasteiger charge is -2.25. The van der Waals surface area contributed by atoms with E-state index in [9.17, 15) is 4.79 Å². The molecule has 0 aliphatic carbocycles. The summed E-state index contributed by atoms with van der Waals surface area (Å²) in [4.78, 5) is 15.8. The van der Waals surface area contributed by atoms with Crippen LogP contribution in [0, 0.1) is 0 Å². The van der Waals surface area contributed by atoms with E-state index in [2.05, 4.69) is 16.8 Å². The number of amides is 1. The van der Waals surface area contributed by atoms with Crippen LogP contribution in [-0.4, -0.2) is 73.2 Å². The molecule has 1 aliphatic heterocycles. The third-order valence-electron chi connectivity index (χ3n) is 2.86. The highest BCUT2D eigenvalue weighted by Crippen LogP contribution is 1.98. The molecule has 1 heterocycles. The van der Waals surface area contributed by atoms with Crippen molar-refractivity contribution in [3.8, 4) is 0 Å². The van der Waals surface area contributed by atoms with Gasteiger partial charge >= 0.3 is 0 Å². The van der Waals surface area contributed by atoms with Gasteiger partial charge in [-0.25, -0.2) is 0 Å². The Morgan fingerprint density at radius 3 is 3.00 bits per heavy atom. The van der Waals surface area contributed by atoms with E-state index < -0.39 is 0 Å². The summed E-state index contributed by atoms with van der Waals surface area (Å²) < 4.78 is 0. The van der Waals surface area contributed by atoms with Gasteiger partial charge in [0.1, 0.15) is 0 Å². The molecule has 0 atom stereocenters. The van der Waals surface area contributed by atoms with Crippen molar-refractivity contribution in [2.45, 2.75) is 6.42 Å². The lowest BCUT2D eigenvalue weighted by atomic mass is 10.3. The molecule has 0 aromatic rings. The van der Waals surface area contributed by atoms with E-state index in [-0.39, 0.29) is 12.5 Å². The van der Waals surface area contributed by atoms with Gasteiger partial charge in [0.2, 0.25) is 5.91 Å². The minimum atomic E-state index is 0.00113. The van der Waals surface area contributed by atoms with E-state index in [4.69, 9.17) is 5.11 Å². The van der Waals surface area contributed by atoms with Crippen molar-refractivity contribution >= 4 is 5.91 Å². The van der Waals surface area contributed by atoms with Gasteiger partial charge in [0, 0.05) is 26.2 Å². The predicted molar refractivity (Wildman–Crippen MR) is 67.8 cm³/mol. The maximum absolute atomic E-state index is 12.0. The topological polar surface area (TPSA) is 55.8 Å². The molecule has 1 saturated heterocycles. The summed E-state index contributed by atoms with van der Waals surface area (Å²) in [6, 6.07) is 0. The molecule has 2 N–H and O–H groups in total. The van der Waals surface area contributed by atoms with Crippen LogP contribution >= 0.6 is 0 Å². The Balaban J connectivity index is 2.40. The smallest absolute Gasteiger partial charge is 0.237 e. The van der Waals surface area contributed by atoms with Crippen molar-refractivity contribution < 1.29 is 9.90 Å². The fourth-order valence-electron chi connectivity index (χ4n) is 1.95. The second-order valence-corrected chi connectivity index (χ2v) is 4.23. The molecular formula is C12H23N3O2. The average Bonchev–Trinajstić information content (AvgIpc) is 2.57. The minimum absolute atomic E-state index is 0.00113. The number of hydrogen-bond donors (Lipinski definition) is 2. The normalized spacial score (nSPS) is 17.5. The van der Waals surface area contributed by atoms with E-state index in [1.807, 2.05) is 0 Å². The quantitative estimate of drug-likeness (QED) is 0.603. The number of aliphatic hydroxyl groups is 1. The Labute approximate surface area is 103 Å². The lowest BCUT2D eigenvalue weighted by molar-refractivity contribution is -0.132. The molecule has 1 rings (SSSR count). The first-order chi connectivity index (χ1) is 8.27. The van der Waals surface area contributed by atoms with Crippen molar-refractivity contribution in [2.75, 3.05) is 52.4 Å². The molecule has 5 heteroatoms. The predicted octanol–water partition coefficient (Wildman–Crippen LogP) is -0.711. The van der Waals surface area contributed by atoms with Gasteiger partial charge < -0.3 is 15.3 Å². The molecule has 98 valence electrons. The highest BCUT2D eigenvalue weighted by molar-refractivity contribution is 5.78. The van der Waals surface area contributed by atoms with Crippen LogP contribution in [-0.2, 0) is 4.79 Å². The second kappa shape index (κ2) is 8.22. The van der Waals surface area contributed by atoms with Crippen LogP contribution in [0.3, 0.4) is 0 Å². The standard InChI is InChI=1S/C12H23N3O2/c1-2-6-15(9-10-16)12(17)11-14-7-3-4-13-5-8-14/h2,13,16H,1,3-11H2. The Bertz CT molecular complexity index is 238. The highest BCUT2D eigenvalue weighted by Gasteiger charge is 2.16. The minimum Gasteiger partial charge on any atom is -0.395 e. The number of nitrogens with one attached hydrogen (secondary N) is 1. The van der Waals surface area contributed by atoms with Crippen LogP contribution < -0.4 is 5.32 Å². The molecule has 0 aromatic carbocycles. The molecule has 0 spiro atoms. The summed E-state index contributed by atoms with van der Waals surface area (Å²) in [6.07, 6.45) is 2.77. The van der Waals surface area contributed by atoms with Gasteiger partial charge in [-0.15, -0.1) is 6.58 Å². The second-order valence-electron chi connectivity index (χ2n) is 4.23. The Morgan fingerprint density at radius 2 is 2.29 bits per heavy atom. The van der Waals surface area contributed by atoms with Crippen LogP contribution in [0.15, 0.2) is 12.7 Å². The summed E-state index contributed by atoms with van der Waals surface area (Å²) in [5.41, 5.74) is 0. The molecular weight excluding hydrogens is 218 g/mol. The average molecular weight is 241 g/mol. The van der Waals surface area contributed by atoms with Gasteiger partial charge in [-0.2, -0.15) is 0 Å². The first-order valence-corrected chi connectivity index (χ1v) is 6.20. The number of carbonyl (C=O) groups excluding carboxylic acids is 1. The monoisotopic (exact) mass is 241 g/mol. The fourth-order valence-corrected chi connectivity index (χ4v) is 1.95. The summed E-state index contributed by atoms with van der Waals surface area (Å²) in [5, 5.41) is 12.2. The van der Waals surface area contributed by atoms with Crippen LogP contribution in [0.1, 0.15) is 6.42 Å². The summed E-state index contributed by atoms with van der Waals surface area (Å²) in [7, 11) is 0. The Hall–Kier alpha value is -0.910. The van der Waals surface area contributed by atoms with Crippen molar-refractivity contribution in [1.29, 1.82) is 0 Å². The SMILES string of the molecule is C=CCN(CCO)C(=O)CN1CCCNCC1. The van der Waals surface area contributed by atoms with Crippen LogP contribution in [0.2, 0.25) is 0 Å². The number of rotatable bonds is 6. The zero-order valence-electron chi connectivity index (χ0n) is 10.4. The van der Waals surface area contributed by atoms with E-state index in [1.54, 1.807) is 11.0 Å². The van der Waals surface area contributed by atoms with Gasteiger partial charge in [-0.3, -0.25) is 9.69 Å². The zero-order chi connectivity index (χ0) is 12.5. The molecule has 0 aromatic heterocycles. The largest absolute Gasteiger partial charge is 0.395 e. The molecule has 0 saturated carbocycles. The molecule has 1 fully saturated rings. The van der Waals surface area contributed by atoms with Crippen molar-refractivity contribution in [2.24, 2.45) is 0 Å². The maximum atomic E-state index is 12.0. The molecule has 1 aliphatic rings. The van der Waals surface area contributed by atoms with Gasteiger partial charge in [0.05, 0.1) is 13.2 Å². The number of nitrogens with zero attached hydrogens (tertiary/aromatic N) is 2. The van der Waals surface area contributed by atoms with Crippen LogP contribution in [0.4, 0.5) is 0 Å². The molecule has 0 radical (unpaired) electrons. The highest BCUT2D eigenvalue weighted by atomic mass is 16.3. The molecule has 5 nitrogen and oxygen atoms in total.